The van der Waals surface area contributed by atoms with E-state index in [1.807, 2.05) is 30.3 Å². The summed E-state index contributed by atoms with van der Waals surface area (Å²) in [6, 6.07) is 17.5. The van der Waals surface area contributed by atoms with Gasteiger partial charge in [-0.2, -0.15) is 0 Å². The lowest BCUT2D eigenvalue weighted by atomic mass is 10.2. The number of para-hydroxylation sites is 1. The van der Waals surface area contributed by atoms with Crippen LogP contribution in [-0.4, -0.2) is 40.8 Å². The monoisotopic (exact) mass is 504 g/mol. The molecule has 0 aliphatic heterocycles. The highest BCUT2D eigenvalue weighted by Crippen LogP contribution is 2.36. The number of nitrogens with zero attached hydrogens (tertiary/aromatic N) is 1. The molecule has 0 unspecified atom stereocenters. The summed E-state index contributed by atoms with van der Waals surface area (Å²) in [7, 11) is -0.934. The zero-order valence-corrected chi connectivity index (χ0v) is 20.7. The molecular formula is C24H25ClN2O6S. The van der Waals surface area contributed by atoms with E-state index in [9.17, 15) is 13.2 Å². The molecule has 0 aliphatic carbocycles. The molecule has 1 N–H and O–H groups in total. The van der Waals surface area contributed by atoms with Crippen molar-refractivity contribution < 1.29 is 27.4 Å². The average molecular weight is 505 g/mol. The minimum Gasteiger partial charge on any atom is -0.495 e. The summed E-state index contributed by atoms with van der Waals surface area (Å²) < 4.78 is 42.5. The summed E-state index contributed by atoms with van der Waals surface area (Å²) in [5, 5.41) is 3.00. The first-order valence-corrected chi connectivity index (χ1v) is 12.4. The summed E-state index contributed by atoms with van der Waals surface area (Å²) >= 11 is 6.12. The summed E-state index contributed by atoms with van der Waals surface area (Å²) in [4.78, 5) is 13.1. The van der Waals surface area contributed by atoms with E-state index in [0.717, 1.165) is 10.6 Å². The Balaban J connectivity index is 1.85. The Morgan fingerprint density at radius 1 is 0.941 bits per heavy atom. The van der Waals surface area contributed by atoms with Gasteiger partial charge in [0.1, 0.15) is 29.0 Å². The molecule has 0 saturated heterocycles. The maximum Gasteiger partial charge on any atom is 0.248 e. The number of hydrogen-bond acceptors (Lipinski definition) is 6. The Bertz CT molecular complexity index is 1250. The van der Waals surface area contributed by atoms with Gasteiger partial charge in [-0.15, -0.1) is 0 Å². The molecular weight excluding hydrogens is 480 g/mol. The number of benzene rings is 3. The van der Waals surface area contributed by atoms with Gasteiger partial charge in [-0.05, 0) is 43.3 Å². The number of methoxy groups -OCH3 is 2. The van der Waals surface area contributed by atoms with Crippen LogP contribution in [0.2, 0.25) is 5.02 Å². The zero-order chi connectivity index (χ0) is 24.9. The molecule has 0 fully saturated rings. The van der Waals surface area contributed by atoms with Gasteiger partial charge in [0, 0.05) is 12.1 Å². The number of ether oxygens (including phenoxy) is 3. The van der Waals surface area contributed by atoms with Crippen LogP contribution < -0.4 is 23.8 Å². The first kappa shape index (κ1) is 25.2. The van der Waals surface area contributed by atoms with Crippen LogP contribution in [0, 0.1) is 0 Å². The summed E-state index contributed by atoms with van der Waals surface area (Å²) in [6.45, 7) is 1.49. The molecule has 0 heterocycles. The molecule has 0 aliphatic rings. The Morgan fingerprint density at radius 2 is 1.53 bits per heavy atom. The lowest BCUT2D eigenvalue weighted by molar-refractivity contribution is -0.116. The number of rotatable bonds is 9. The maximum atomic E-state index is 13.1. The number of nitrogens with one attached hydrogen (secondary N) is 1. The fraction of sp³-hybridized carbons (Fsp3) is 0.208. The van der Waals surface area contributed by atoms with Gasteiger partial charge in [0.2, 0.25) is 15.9 Å². The SMILES string of the molecule is COc1cc(NC(=O)[C@@H](C)N(c2ccc(Oc3ccccc3)cc2)S(C)(=O)=O)c(OC)cc1Cl. The number of sulfonamides is 1. The molecule has 0 bridgehead atoms. The van der Waals surface area contributed by atoms with E-state index in [2.05, 4.69) is 5.32 Å². The minimum absolute atomic E-state index is 0.292. The van der Waals surface area contributed by atoms with Crippen LogP contribution in [-0.2, 0) is 14.8 Å². The van der Waals surface area contributed by atoms with Crippen LogP contribution in [0.4, 0.5) is 11.4 Å². The molecule has 0 saturated carbocycles. The van der Waals surface area contributed by atoms with Crippen LogP contribution in [0.1, 0.15) is 6.92 Å². The van der Waals surface area contributed by atoms with E-state index >= 15 is 0 Å². The van der Waals surface area contributed by atoms with Crippen LogP contribution in [0.5, 0.6) is 23.0 Å². The lowest BCUT2D eigenvalue weighted by Gasteiger charge is -2.28. The van der Waals surface area contributed by atoms with E-state index in [4.69, 9.17) is 25.8 Å². The van der Waals surface area contributed by atoms with Gasteiger partial charge in [0.05, 0.1) is 36.9 Å². The fourth-order valence-corrected chi connectivity index (χ4v) is 4.70. The highest BCUT2D eigenvalue weighted by Gasteiger charge is 2.30. The van der Waals surface area contributed by atoms with E-state index in [1.54, 1.807) is 24.3 Å². The van der Waals surface area contributed by atoms with Crippen LogP contribution in [0.3, 0.4) is 0 Å². The van der Waals surface area contributed by atoms with Crippen molar-refractivity contribution in [2.75, 3.05) is 30.1 Å². The number of hydrogen-bond donors (Lipinski definition) is 1. The average Bonchev–Trinajstić information content (AvgIpc) is 2.80. The molecule has 3 aromatic rings. The number of halogens is 1. The largest absolute Gasteiger partial charge is 0.495 e. The van der Waals surface area contributed by atoms with Crippen LogP contribution in [0.15, 0.2) is 66.7 Å². The molecule has 3 aromatic carbocycles. The summed E-state index contributed by atoms with van der Waals surface area (Å²) in [6.07, 6.45) is 1.04. The van der Waals surface area contributed by atoms with Gasteiger partial charge in [0.25, 0.3) is 0 Å². The third kappa shape index (κ3) is 5.92. The first-order chi connectivity index (χ1) is 16.1. The normalized spacial score (nSPS) is 11.9. The van der Waals surface area contributed by atoms with E-state index in [-0.39, 0.29) is 0 Å². The Kier molecular flexibility index (Phi) is 7.90. The van der Waals surface area contributed by atoms with Gasteiger partial charge in [0.15, 0.2) is 0 Å². The van der Waals surface area contributed by atoms with E-state index < -0.39 is 22.0 Å². The van der Waals surface area contributed by atoms with Crippen molar-refractivity contribution in [3.05, 3.63) is 71.8 Å². The quantitative estimate of drug-likeness (QED) is 0.443. The van der Waals surface area contributed by atoms with Crippen molar-refractivity contribution in [2.24, 2.45) is 0 Å². The fourth-order valence-electron chi connectivity index (χ4n) is 3.29. The maximum absolute atomic E-state index is 13.1. The molecule has 0 spiro atoms. The number of carbonyl (C=O) groups is 1. The third-order valence-corrected chi connectivity index (χ3v) is 6.43. The Hall–Kier alpha value is -3.43. The van der Waals surface area contributed by atoms with Crippen molar-refractivity contribution >= 4 is 38.9 Å². The summed E-state index contributed by atoms with van der Waals surface area (Å²) in [5.41, 5.74) is 0.604. The number of anilines is 2. The molecule has 1 amide bonds. The predicted molar refractivity (Wildman–Crippen MR) is 133 cm³/mol. The molecule has 1 atom stereocenters. The second kappa shape index (κ2) is 10.7. The lowest BCUT2D eigenvalue weighted by Crippen LogP contribution is -2.45. The number of carbonyl (C=O) groups excluding carboxylic acids is 1. The molecule has 10 heteroatoms. The van der Waals surface area contributed by atoms with Crippen LogP contribution in [0.25, 0.3) is 0 Å². The Morgan fingerprint density at radius 3 is 2.09 bits per heavy atom. The van der Waals surface area contributed by atoms with Gasteiger partial charge < -0.3 is 19.5 Å². The summed E-state index contributed by atoms with van der Waals surface area (Å²) in [5.74, 6) is 1.24. The smallest absolute Gasteiger partial charge is 0.248 e. The molecule has 3 rings (SSSR count). The Labute approximate surface area is 204 Å². The van der Waals surface area contributed by atoms with E-state index in [0.29, 0.717) is 39.4 Å². The van der Waals surface area contributed by atoms with Gasteiger partial charge in [-0.25, -0.2) is 8.42 Å². The topological polar surface area (TPSA) is 94.2 Å². The van der Waals surface area contributed by atoms with Crippen LogP contribution >= 0.6 is 11.6 Å². The van der Waals surface area contributed by atoms with E-state index in [1.165, 1.54) is 33.3 Å². The first-order valence-electron chi connectivity index (χ1n) is 10.2. The van der Waals surface area contributed by atoms with Gasteiger partial charge in [-0.3, -0.25) is 9.10 Å². The molecule has 34 heavy (non-hydrogen) atoms. The van der Waals surface area contributed by atoms with Crippen molar-refractivity contribution in [3.63, 3.8) is 0 Å². The third-order valence-electron chi connectivity index (χ3n) is 4.89. The molecule has 180 valence electrons. The molecule has 0 radical (unpaired) electrons. The van der Waals surface area contributed by atoms with Crippen molar-refractivity contribution in [1.82, 2.24) is 0 Å². The van der Waals surface area contributed by atoms with Crippen molar-refractivity contribution in [3.8, 4) is 23.0 Å². The number of amides is 1. The highest BCUT2D eigenvalue weighted by molar-refractivity contribution is 7.92. The second-order valence-electron chi connectivity index (χ2n) is 7.32. The predicted octanol–water partition coefficient (Wildman–Crippen LogP) is 4.94. The van der Waals surface area contributed by atoms with Gasteiger partial charge >= 0.3 is 0 Å². The second-order valence-corrected chi connectivity index (χ2v) is 9.59. The standard InChI is InChI=1S/C24H25ClN2O6S/c1-16(24(28)26-21-15-22(31-2)20(25)14-23(21)32-3)27(34(4,29)30)17-10-12-19(13-11-17)33-18-8-6-5-7-9-18/h5-16H,1-4H3,(H,26,28)/t16-/m1/s1. The minimum atomic E-state index is -3.81. The molecule has 8 nitrogen and oxygen atoms in total. The van der Waals surface area contributed by atoms with Crippen molar-refractivity contribution in [2.45, 2.75) is 13.0 Å². The molecule has 0 aromatic heterocycles. The van der Waals surface area contributed by atoms with Crippen molar-refractivity contribution in [1.29, 1.82) is 0 Å². The highest BCUT2D eigenvalue weighted by atomic mass is 35.5. The van der Waals surface area contributed by atoms with Gasteiger partial charge in [-0.1, -0.05) is 29.8 Å². The zero-order valence-electron chi connectivity index (χ0n) is 19.1.